The van der Waals surface area contributed by atoms with Crippen LogP contribution in [0.15, 0.2) is 54.8 Å². The third-order valence-electron chi connectivity index (χ3n) is 8.80. The maximum Gasteiger partial charge on any atom is 0.238 e. The van der Waals surface area contributed by atoms with Crippen LogP contribution in [0.4, 0.5) is 11.4 Å². The summed E-state index contributed by atoms with van der Waals surface area (Å²) in [7, 11) is 0. The quantitative estimate of drug-likeness (QED) is 0.551. The molecule has 4 bridgehead atoms. The molecular weight excluding hydrogens is 388 g/mol. The summed E-state index contributed by atoms with van der Waals surface area (Å²) in [5, 5.41) is 0. The van der Waals surface area contributed by atoms with E-state index in [1.807, 2.05) is 25.1 Å². The fourth-order valence-corrected chi connectivity index (χ4v) is 7.46. The number of hydrogen-bond acceptors (Lipinski definition) is 3. The molecule has 7 rings (SSSR count). The average molecular weight is 412 g/mol. The minimum atomic E-state index is -0.227. The van der Waals surface area contributed by atoms with Gasteiger partial charge in [0.25, 0.3) is 0 Å². The highest BCUT2D eigenvalue weighted by molar-refractivity contribution is 6.23. The second-order valence-electron chi connectivity index (χ2n) is 10.1. The first-order valence-electron chi connectivity index (χ1n) is 11.3. The highest BCUT2D eigenvalue weighted by Crippen LogP contribution is 2.57. The molecule has 5 heteroatoms. The van der Waals surface area contributed by atoms with E-state index >= 15 is 0 Å². The molecule has 1 aromatic rings. The number of aryl methyl sites for hydroxylation is 1. The number of hydrogen-bond donors (Lipinski definition) is 0. The van der Waals surface area contributed by atoms with E-state index < -0.39 is 0 Å². The highest BCUT2D eigenvalue weighted by Gasteiger charge is 2.60. The summed E-state index contributed by atoms with van der Waals surface area (Å²) >= 11 is 0. The molecule has 8 unspecified atom stereocenters. The molecule has 0 N–H and O–H groups in total. The number of rotatable bonds is 2. The number of fused-ring (bicyclic) bond motifs is 10. The zero-order chi connectivity index (χ0) is 21.2. The van der Waals surface area contributed by atoms with Gasteiger partial charge in [0, 0.05) is 11.6 Å². The van der Waals surface area contributed by atoms with Crippen molar-refractivity contribution in [1.29, 1.82) is 0 Å². The molecule has 1 aromatic carbocycles. The number of imide groups is 1. The summed E-state index contributed by atoms with van der Waals surface area (Å²) in [6.45, 7) is 6.21. The van der Waals surface area contributed by atoms with E-state index in [1.165, 1.54) is 4.90 Å². The molecule has 4 fully saturated rings. The number of amides is 3. The Morgan fingerprint density at radius 2 is 1.23 bits per heavy atom. The van der Waals surface area contributed by atoms with Crippen molar-refractivity contribution in [2.75, 3.05) is 9.80 Å². The second-order valence-corrected chi connectivity index (χ2v) is 10.1. The zero-order valence-electron chi connectivity index (χ0n) is 17.4. The van der Waals surface area contributed by atoms with Crippen molar-refractivity contribution < 1.29 is 14.4 Å². The Labute approximate surface area is 181 Å². The first kappa shape index (κ1) is 17.7. The third-order valence-corrected chi connectivity index (χ3v) is 8.80. The highest BCUT2D eigenvalue weighted by atomic mass is 16.2. The molecule has 2 saturated carbocycles. The summed E-state index contributed by atoms with van der Waals surface area (Å²) in [6, 6.07) is 5.67. The Hall–Kier alpha value is -2.95. The van der Waals surface area contributed by atoms with E-state index in [9.17, 15) is 14.4 Å². The van der Waals surface area contributed by atoms with Gasteiger partial charge in [0.05, 0.1) is 29.1 Å². The van der Waals surface area contributed by atoms with E-state index in [1.54, 1.807) is 4.90 Å². The topological polar surface area (TPSA) is 57.7 Å². The van der Waals surface area contributed by atoms with Crippen molar-refractivity contribution in [2.24, 2.45) is 47.3 Å². The van der Waals surface area contributed by atoms with Crippen molar-refractivity contribution >= 4 is 29.1 Å². The SMILES string of the molecule is C=C1C2C3C=CC(C3)C2C(=O)N1c1ccc(C)c(N2C(=O)C3C4C=CC(C4)C3C2=O)c1. The molecule has 2 aliphatic heterocycles. The van der Waals surface area contributed by atoms with Crippen molar-refractivity contribution in [3.63, 3.8) is 0 Å². The Bertz CT molecular complexity index is 1100. The molecule has 31 heavy (non-hydrogen) atoms. The van der Waals surface area contributed by atoms with E-state index in [2.05, 4.69) is 30.9 Å². The lowest BCUT2D eigenvalue weighted by molar-refractivity contribution is -0.123. The third kappa shape index (κ3) is 2.00. The Morgan fingerprint density at radius 3 is 1.77 bits per heavy atom. The minimum absolute atomic E-state index is 0.0247. The summed E-state index contributed by atoms with van der Waals surface area (Å²) in [5.74, 6) is 0.681. The molecule has 156 valence electrons. The van der Waals surface area contributed by atoms with Crippen LogP contribution in [-0.4, -0.2) is 17.7 Å². The van der Waals surface area contributed by atoms with Gasteiger partial charge in [-0.1, -0.05) is 36.9 Å². The van der Waals surface area contributed by atoms with Crippen LogP contribution in [0.5, 0.6) is 0 Å². The van der Waals surface area contributed by atoms with Gasteiger partial charge in [-0.3, -0.25) is 19.3 Å². The second kappa shape index (κ2) is 5.64. The number of benzene rings is 1. The number of carbonyl (C=O) groups is 3. The molecule has 3 amide bonds. The predicted octanol–water partition coefficient (Wildman–Crippen LogP) is 3.61. The zero-order valence-corrected chi connectivity index (χ0v) is 17.4. The average Bonchev–Trinajstić information content (AvgIpc) is 3.57. The van der Waals surface area contributed by atoms with Crippen LogP contribution in [0, 0.1) is 54.3 Å². The lowest BCUT2D eigenvalue weighted by Gasteiger charge is -2.25. The minimum Gasteiger partial charge on any atom is -0.285 e. The number of carbonyl (C=O) groups excluding carboxylic acids is 3. The first-order valence-corrected chi connectivity index (χ1v) is 11.3. The van der Waals surface area contributed by atoms with Gasteiger partial charge in [0.2, 0.25) is 17.7 Å². The van der Waals surface area contributed by atoms with Gasteiger partial charge >= 0.3 is 0 Å². The van der Waals surface area contributed by atoms with Gasteiger partial charge in [0.15, 0.2) is 0 Å². The number of anilines is 2. The van der Waals surface area contributed by atoms with E-state index in [-0.39, 0.29) is 53.2 Å². The van der Waals surface area contributed by atoms with Gasteiger partial charge in [0.1, 0.15) is 0 Å². The fourth-order valence-electron chi connectivity index (χ4n) is 7.46. The van der Waals surface area contributed by atoms with Gasteiger partial charge in [-0.25, -0.2) is 4.90 Å². The summed E-state index contributed by atoms with van der Waals surface area (Å²) in [5.41, 5.74) is 3.04. The van der Waals surface area contributed by atoms with Crippen LogP contribution in [0.25, 0.3) is 0 Å². The van der Waals surface area contributed by atoms with E-state index in [0.717, 1.165) is 24.1 Å². The van der Waals surface area contributed by atoms with Crippen LogP contribution in [0.1, 0.15) is 18.4 Å². The van der Waals surface area contributed by atoms with E-state index in [4.69, 9.17) is 0 Å². The summed E-state index contributed by atoms with van der Waals surface area (Å²) in [4.78, 5) is 43.1. The van der Waals surface area contributed by atoms with Crippen molar-refractivity contribution in [3.05, 3.63) is 60.3 Å². The van der Waals surface area contributed by atoms with Crippen molar-refractivity contribution in [3.8, 4) is 0 Å². The summed E-state index contributed by atoms with van der Waals surface area (Å²) < 4.78 is 0. The Kier molecular flexibility index (Phi) is 3.22. The molecule has 2 saturated heterocycles. The summed E-state index contributed by atoms with van der Waals surface area (Å²) in [6.07, 6.45) is 10.6. The first-order chi connectivity index (χ1) is 15.0. The van der Waals surface area contributed by atoms with Gasteiger partial charge in [-0.15, -0.1) is 0 Å². The van der Waals surface area contributed by atoms with Crippen LogP contribution in [0.2, 0.25) is 0 Å². The van der Waals surface area contributed by atoms with Crippen LogP contribution >= 0.6 is 0 Å². The van der Waals surface area contributed by atoms with Gasteiger partial charge in [-0.05, 0) is 61.1 Å². The van der Waals surface area contributed by atoms with Crippen molar-refractivity contribution in [1.82, 2.24) is 0 Å². The number of allylic oxidation sites excluding steroid dienone is 5. The maximum absolute atomic E-state index is 13.4. The monoisotopic (exact) mass is 412 g/mol. The number of nitrogens with zero attached hydrogens (tertiary/aromatic N) is 2. The van der Waals surface area contributed by atoms with Crippen LogP contribution in [0.3, 0.4) is 0 Å². The van der Waals surface area contributed by atoms with Gasteiger partial charge < -0.3 is 0 Å². The predicted molar refractivity (Wildman–Crippen MR) is 116 cm³/mol. The molecule has 6 aliphatic rings. The molecular formula is C26H24N2O3. The smallest absolute Gasteiger partial charge is 0.238 e. The Balaban J connectivity index is 1.27. The molecule has 2 heterocycles. The molecule has 0 radical (unpaired) electrons. The molecule has 5 nitrogen and oxygen atoms in total. The van der Waals surface area contributed by atoms with Crippen LogP contribution in [-0.2, 0) is 14.4 Å². The Morgan fingerprint density at radius 1 is 0.742 bits per heavy atom. The van der Waals surface area contributed by atoms with E-state index in [0.29, 0.717) is 23.2 Å². The molecule has 0 aromatic heterocycles. The van der Waals surface area contributed by atoms with Crippen LogP contribution < -0.4 is 9.80 Å². The lowest BCUT2D eigenvalue weighted by atomic mass is 9.84. The van der Waals surface area contributed by atoms with Gasteiger partial charge in [-0.2, -0.15) is 0 Å². The standard InChI is InChI=1S/C26H24N2O3/c1-12-3-8-18(27-13(2)20-14-4-5-15(9-14)21(20)24(27)29)11-19(12)28-25(30)22-16-6-7-17(10-16)23(22)26(28)31/h3-8,11,14-17,20-23H,2,9-10H2,1H3. The maximum atomic E-state index is 13.4. The molecule has 0 spiro atoms. The molecule has 8 atom stereocenters. The molecule has 4 aliphatic carbocycles. The van der Waals surface area contributed by atoms with Crippen molar-refractivity contribution in [2.45, 2.75) is 19.8 Å². The largest absolute Gasteiger partial charge is 0.285 e. The fraction of sp³-hybridized carbons (Fsp3) is 0.423. The lowest BCUT2D eigenvalue weighted by Crippen LogP contribution is -2.34. The normalized spacial score (nSPS) is 41.3.